The highest BCUT2D eigenvalue weighted by atomic mass is 14.9. The van der Waals surface area contributed by atoms with Crippen molar-refractivity contribution in [2.75, 3.05) is 0 Å². The lowest BCUT2D eigenvalue weighted by atomic mass is 9.96. The van der Waals surface area contributed by atoms with Crippen molar-refractivity contribution in [2.24, 2.45) is 7.05 Å². The van der Waals surface area contributed by atoms with Gasteiger partial charge < -0.3 is 0 Å². The molecular weight excluding hydrogens is 290 g/mol. The zero-order valence-corrected chi connectivity index (χ0v) is 14.7. The first-order valence-electron chi connectivity index (χ1n) is 8.45. The smallest absolute Gasteiger partial charge is 0.194 e. The molecule has 3 aromatic carbocycles. The van der Waals surface area contributed by atoms with Crippen molar-refractivity contribution in [1.29, 1.82) is 0 Å². The Hall–Kier alpha value is -2.67. The van der Waals surface area contributed by atoms with Crippen LogP contribution in [0, 0.1) is 20.8 Å². The van der Waals surface area contributed by atoms with Crippen LogP contribution < -0.4 is 4.57 Å². The van der Waals surface area contributed by atoms with Crippen molar-refractivity contribution in [2.45, 2.75) is 20.8 Å². The third-order valence-electron chi connectivity index (χ3n) is 5.14. The average molecular weight is 312 g/mol. The van der Waals surface area contributed by atoms with E-state index in [1.807, 2.05) is 0 Å². The first-order chi connectivity index (χ1) is 11.6. The summed E-state index contributed by atoms with van der Waals surface area (Å²) in [5.74, 6) is 0. The van der Waals surface area contributed by atoms with Gasteiger partial charge in [-0.1, -0.05) is 35.9 Å². The Morgan fingerprint density at radius 2 is 1.46 bits per heavy atom. The van der Waals surface area contributed by atoms with Gasteiger partial charge in [0.2, 0.25) is 11.2 Å². The summed E-state index contributed by atoms with van der Waals surface area (Å²) in [5.41, 5.74) is 7.90. The van der Waals surface area contributed by atoms with Crippen LogP contribution in [0.1, 0.15) is 16.7 Å². The van der Waals surface area contributed by atoms with Gasteiger partial charge in [0.05, 0.1) is 5.39 Å². The lowest BCUT2D eigenvalue weighted by Gasteiger charge is -2.11. The topological polar surface area (TPSA) is 3.88 Å². The zero-order chi connectivity index (χ0) is 16.8. The molecular formula is C23H22N+. The van der Waals surface area contributed by atoms with Crippen molar-refractivity contribution in [3.8, 4) is 11.3 Å². The van der Waals surface area contributed by atoms with Crippen LogP contribution >= 0.6 is 0 Å². The molecule has 0 fully saturated rings. The van der Waals surface area contributed by atoms with Crippen LogP contribution in [0.25, 0.3) is 32.9 Å². The number of rotatable bonds is 1. The maximum atomic E-state index is 2.35. The van der Waals surface area contributed by atoms with Gasteiger partial charge in [-0.25, -0.2) is 0 Å². The van der Waals surface area contributed by atoms with Gasteiger partial charge in [-0.05, 0) is 61.5 Å². The van der Waals surface area contributed by atoms with Crippen LogP contribution in [0.4, 0.5) is 0 Å². The molecule has 0 aliphatic rings. The van der Waals surface area contributed by atoms with Gasteiger partial charge in [0.1, 0.15) is 7.05 Å². The molecule has 0 saturated heterocycles. The summed E-state index contributed by atoms with van der Waals surface area (Å²) in [5, 5.41) is 3.87. The minimum atomic E-state index is 1.27. The number of aromatic nitrogens is 1. The maximum absolute atomic E-state index is 2.35. The van der Waals surface area contributed by atoms with Gasteiger partial charge in [0.15, 0.2) is 0 Å². The van der Waals surface area contributed by atoms with E-state index in [-0.39, 0.29) is 0 Å². The lowest BCUT2D eigenvalue weighted by molar-refractivity contribution is -0.632. The molecule has 0 aliphatic carbocycles. The highest BCUT2D eigenvalue weighted by Crippen LogP contribution is 2.28. The fourth-order valence-corrected chi connectivity index (χ4v) is 3.76. The van der Waals surface area contributed by atoms with Crippen LogP contribution in [0.2, 0.25) is 0 Å². The molecule has 0 spiro atoms. The molecule has 0 atom stereocenters. The van der Waals surface area contributed by atoms with Gasteiger partial charge in [-0.15, -0.1) is 0 Å². The first-order valence-corrected chi connectivity index (χ1v) is 8.45. The first kappa shape index (κ1) is 14.9. The molecule has 0 saturated carbocycles. The second-order valence-electron chi connectivity index (χ2n) is 6.76. The molecule has 0 N–H and O–H groups in total. The van der Waals surface area contributed by atoms with E-state index in [1.54, 1.807) is 0 Å². The van der Waals surface area contributed by atoms with Crippen LogP contribution in [0.3, 0.4) is 0 Å². The second-order valence-corrected chi connectivity index (χ2v) is 6.76. The van der Waals surface area contributed by atoms with Gasteiger partial charge in [0, 0.05) is 17.0 Å². The predicted octanol–water partition coefficient (Wildman–Crippen LogP) is 5.41. The van der Waals surface area contributed by atoms with E-state index in [0.717, 1.165) is 0 Å². The number of aryl methyl sites for hydroxylation is 3. The fraction of sp³-hybridized carbons (Fsp3) is 0.174. The van der Waals surface area contributed by atoms with E-state index in [1.165, 1.54) is 49.6 Å². The molecule has 0 amide bonds. The van der Waals surface area contributed by atoms with Crippen molar-refractivity contribution in [3.05, 3.63) is 77.4 Å². The summed E-state index contributed by atoms with van der Waals surface area (Å²) in [7, 11) is 2.18. The van der Waals surface area contributed by atoms with E-state index in [0.29, 0.717) is 0 Å². The second kappa shape index (κ2) is 5.45. The van der Waals surface area contributed by atoms with Crippen molar-refractivity contribution >= 4 is 21.7 Å². The fourth-order valence-electron chi connectivity index (χ4n) is 3.76. The van der Waals surface area contributed by atoms with Gasteiger partial charge in [-0.2, -0.15) is 4.57 Å². The molecule has 0 aliphatic heterocycles. The molecule has 0 unspecified atom stereocenters. The number of fused-ring (bicyclic) bond motifs is 3. The number of benzene rings is 3. The SMILES string of the molecule is Cc1cc(C)c(C)c(-c2ccc3ccc4ccccc4c3[n+]2C)c1. The third kappa shape index (κ3) is 2.20. The van der Waals surface area contributed by atoms with Crippen LogP contribution in [0.15, 0.2) is 60.7 Å². The Morgan fingerprint density at radius 1 is 0.750 bits per heavy atom. The van der Waals surface area contributed by atoms with E-state index >= 15 is 0 Å². The molecule has 24 heavy (non-hydrogen) atoms. The van der Waals surface area contributed by atoms with Crippen molar-refractivity contribution in [1.82, 2.24) is 0 Å². The summed E-state index contributed by atoms with van der Waals surface area (Å²) >= 11 is 0. The normalized spacial score (nSPS) is 11.3. The summed E-state index contributed by atoms with van der Waals surface area (Å²) < 4.78 is 2.35. The maximum Gasteiger partial charge on any atom is 0.220 e. The molecule has 1 aromatic heterocycles. The Balaban J connectivity index is 2.12. The summed E-state index contributed by atoms with van der Waals surface area (Å²) in [6.07, 6.45) is 0. The minimum absolute atomic E-state index is 1.27. The van der Waals surface area contributed by atoms with E-state index < -0.39 is 0 Å². The van der Waals surface area contributed by atoms with Gasteiger partial charge in [0.25, 0.3) is 0 Å². The molecule has 0 bridgehead atoms. The molecule has 0 radical (unpaired) electrons. The van der Waals surface area contributed by atoms with Crippen molar-refractivity contribution < 1.29 is 4.57 Å². The summed E-state index contributed by atoms with van der Waals surface area (Å²) in [6, 6.07) is 22.1. The highest BCUT2D eigenvalue weighted by molar-refractivity contribution is 6.03. The minimum Gasteiger partial charge on any atom is -0.194 e. The van der Waals surface area contributed by atoms with Crippen LogP contribution in [0.5, 0.6) is 0 Å². The highest BCUT2D eigenvalue weighted by Gasteiger charge is 2.18. The summed E-state index contributed by atoms with van der Waals surface area (Å²) in [4.78, 5) is 0. The zero-order valence-electron chi connectivity index (χ0n) is 14.7. The lowest BCUT2D eigenvalue weighted by Crippen LogP contribution is -2.32. The van der Waals surface area contributed by atoms with Crippen LogP contribution in [-0.4, -0.2) is 0 Å². The number of hydrogen-bond donors (Lipinski definition) is 0. The Morgan fingerprint density at radius 3 is 2.29 bits per heavy atom. The number of pyridine rings is 1. The third-order valence-corrected chi connectivity index (χ3v) is 5.14. The standard InChI is InChI=1S/C23H22N/c1-15-13-16(2)17(3)21(14-15)22-12-11-19-10-9-18-7-5-6-8-20(18)23(19)24(22)4/h5-14H,1-4H3/q+1. The molecule has 4 rings (SSSR count). The number of nitrogens with zero attached hydrogens (tertiary/aromatic N) is 1. The van der Waals surface area contributed by atoms with E-state index in [2.05, 4.69) is 93.0 Å². The average Bonchev–Trinajstić information content (AvgIpc) is 2.58. The molecule has 118 valence electrons. The monoisotopic (exact) mass is 312 g/mol. The summed E-state index contributed by atoms with van der Waals surface area (Å²) in [6.45, 7) is 6.59. The predicted molar refractivity (Wildman–Crippen MR) is 102 cm³/mol. The number of hydrogen-bond acceptors (Lipinski definition) is 0. The molecule has 1 heterocycles. The van der Waals surface area contributed by atoms with Crippen LogP contribution in [-0.2, 0) is 7.05 Å². The Bertz CT molecular complexity index is 1090. The van der Waals surface area contributed by atoms with E-state index in [4.69, 9.17) is 0 Å². The van der Waals surface area contributed by atoms with E-state index in [9.17, 15) is 0 Å². The molecule has 1 heteroatoms. The Labute approximate surface area is 143 Å². The van der Waals surface area contributed by atoms with Crippen molar-refractivity contribution in [3.63, 3.8) is 0 Å². The quantitative estimate of drug-likeness (QED) is 0.327. The Kier molecular flexibility index (Phi) is 3.38. The molecule has 4 aromatic rings. The van der Waals surface area contributed by atoms with Gasteiger partial charge >= 0.3 is 0 Å². The van der Waals surface area contributed by atoms with Gasteiger partial charge in [-0.3, -0.25) is 0 Å². The largest absolute Gasteiger partial charge is 0.220 e. The molecule has 1 nitrogen and oxygen atoms in total.